The van der Waals surface area contributed by atoms with Crippen LogP contribution in [0, 0.1) is 0 Å². The third kappa shape index (κ3) is 2.14. The van der Waals surface area contributed by atoms with Gasteiger partial charge < -0.3 is 20.1 Å². The molecule has 4 heteroatoms. The van der Waals surface area contributed by atoms with Crippen LogP contribution in [0.15, 0.2) is 24.4 Å². The van der Waals surface area contributed by atoms with E-state index in [9.17, 15) is 5.11 Å². The largest absolute Gasteiger partial charge is 0.508 e. The van der Waals surface area contributed by atoms with Gasteiger partial charge in [-0.2, -0.15) is 0 Å². The summed E-state index contributed by atoms with van der Waals surface area (Å²) in [7, 11) is 0. The first-order chi connectivity index (χ1) is 8.33. The SMILES string of the molecule is Oc1ccc2[nH]cc(C[C@H]3COCCN3)c2c1. The summed E-state index contributed by atoms with van der Waals surface area (Å²) in [6, 6.07) is 5.78. The van der Waals surface area contributed by atoms with E-state index in [1.807, 2.05) is 18.3 Å². The standard InChI is InChI=1S/C13H16N2O2/c16-11-1-2-13-12(6-11)9(7-15-13)5-10-8-17-4-3-14-10/h1-2,6-7,10,14-16H,3-5,8H2/t10-/m0/s1. The van der Waals surface area contributed by atoms with Crippen LogP contribution in [-0.2, 0) is 11.2 Å². The van der Waals surface area contributed by atoms with Crippen molar-refractivity contribution in [2.24, 2.45) is 0 Å². The molecule has 0 amide bonds. The number of hydrogen-bond donors (Lipinski definition) is 3. The molecule has 1 fully saturated rings. The van der Waals surface area contributed by atoms with E-state index in [2.05, 4.69) is 10.3 Å². The average molecular weight is 232 g/mol. The van der Waals surface area contributed by atoms with Crippen LogP contribution in [-0.4, -0.2) is 35.9 Å². The van der Waals surface area contributed by atoms with E-state index >= 15 is 0 Å². The number of aromatic amines is 1. The fraction of sp³-hybridized carbons (Fsp3) is 0.385. The number of hydrogen-bond acceptors (Lipinski definition) is 3. The molecule has 1 aromatic carbocycles. The van der Waals surface area contributed by atoms with Crippen molar-refractivity contribution < 1.29 is 9.84 Å². The van der Waals surface area contributed by atoms with E-state index in [1.54, 1.807) is 6.07 Å². The Morgan fingerprint density at radius 1 is 1.41 bits per heavy atom. The summed E-state index contributed by atoms with van der Waals surface area (Å²) in [5, 5.41) is 14.1. The minimum Gasteiger partial charge on any atom is -0.508 e. The summed E-state index contributed by atoms with van der Waals surface area (Å²) in [6.45, 7) is 2.47. The van der Waals surface area contributed by atoms with Crippen molar-refractivity contribution in [3.05, 3.63) is 30.0 Å². The zero-order chi connectivity index (χ0) is 11.7. The molecule has 0 unspecified atom stereocenters. The molecule has 3 N–H and O–H groups in total. The second-order valence-electron chi connectivity index (χ2n) is 4.47. The van der Waals surface area contributed by atoms with Crippen LogP contribution in [0.3, 0.4) is 0 Å². The maximum atomic E-state index is 9.52. The van der Waals surface area contributed by atoms with Gasteiger partial charge >= 0.3 is 0 Å². The van der Waals surface area contributed by atoms with Gasteiger partial charge in [0.15, 0.2) is 0 Å². The Bertz CT molecular complexity index is 515. The number of ether oxygens (including phenoxy) is 1. The second kappa shape index (κ2) is 4.39. The van der Waals surface area contributed by atoms with Crippen molar-refractivity contribution in [3.63, 3.8) is 0 Å². The van der Waals surface area contributed by atoms with Crippen LogP contribution < -0.4 is 5.32 Å². The van der Waals surface area contributed by atoms with E-state index in [4.69, 9.17) is 4.74 Å². The summed E-state index contributed by atoms with van der Waals surface area (Å²) in [5.74, 6) is 0.311. The van der Waals surface area contributed by atoms with E-state index < -0.39 is 0 Å². The topological polar surface area (TPSA) is 57.3 Å². The molecule has 0 bridgehead atoms. The first-order valence-corrected chi connectivity index (χ1v) is 5.93. The van der Waals surface area contributed by atoms with E-state index in [0.29, 0.717) is 11.8 Å². The van der Waals surface area contributed by atoms with Crippen LogP contribution in [0.5, 0.6) is 5.75 Å². The molecule has 0 aliphatic carbocycles. The Balaban J connectivity index is 1.86. The Hall–Kier alpha value is -1.52. The van der Waals surface area contributed by atoms with Gasteiger partial charge in [-0.3, -0.25) is 0 Å². The number of morpholine rings is 1. The van der Waals surface area contributed by atoms with Gasteiger partial charge in [0.1, 0.15) is 5.75 Å². The highest BCUT2D eigenvalue weighted by atomic mass is 16.5. The zero-order valence-electron chi connectivity index (χ0n) is 9.57. The van der Waals surface area contributed by atoms with Gasteiger partial charge in [0.25, 0.3) is 0 Å². The summed E-state index contributed by atoms with van der Waals surface area (Å²) >= 11 is 0. The third-order valence-electron chi connectivity index (χ3n) is 3.22. The van der Waals surface area contributed by atoms with Crippen molar-refractivity contribution in [1.82, 2.24) is 10.3 Å². The summed E-state index contributed by atoms with van der Waals surface area (Å²) < 4.78 is 5.44. The van der Waals surface area contributed by atoms with Gasteiger partial charge in [-0.05, 0) is 30.2 Å². The lowest BCUT2D eigenvalue weighted by atomic mass is 10.0. The van der Waals surface area contributed by atoms with Gasteiger partial charge in [-0.1, -0.05) is 0 Å². The van der Waals surface area contributed by atoms with Gasteiger partial charge in [-0.15, -0.1) is 0 Å². The van der Waals surface area contributed by atoms with Gasteiger partial charge in [-0.25, -0.2) is 0 Å². The number of nitrogens with one attached hydrogen (secondary N) is 2. The van der Waals surface area contributed by atoms with E-state index in [1.165, 1.54) is 5.56 Å². The number of benzene rings is 1. The lowest BCUT2D eigenvalue weighted by molar-refractivity contribution is 0.0771. The molecule has 2 aromatic rings. The predicted molar refractivity (Wildman–Crippen MR) is 66.3 cm³/mol. The quantitative estimate of drug-likeness (QED) is 0.733. The number of aromatic hydroxyl groups is 1. The molecule has 17 heavy (non-hydrogen) atoms. The van der Waals surface area contributed by atoms with Crippen molar-refractivity contribution in [3.8, 4) is 5.75 Å². The van der Waals surface area contributed by atoms with E-state index in [0.717, 1.165) is 37.1 Å². The maximum Gasteiger partial charge on any atom is 0.116 e. The molecule has 0 radical (unpaired) electrons. The average Bonchev–Trinajstić information content (AvgIpc) is 2.73. The monoisotopic (exact) mass is 232 g/mol. The molecular weight excluding hydrogens is 216 g/mol. The summed E-state index contributed by atoms with van der Waals surface area (Å²) in [5.41, 5.74) is 2.29. The number of aromatic nitrogens is 1. The highest BCUT2D eigenvalue weighted by Gasteiger charge is 2.15. The van der Waals surface area contributed by atoms with Crippen molar-refractivity contribution >= 4 is 10.9 Å². The first-order valence-electron chi connectivity index (χ1n) is 5.93. The summed E-state index contributed by atoms with van der Waals surface area (Å²) in [6.07, 6.45) is 2.93. The Labute approximate surface area is 99.6 Å². The van der Waals surface area contributed by atoms with E-state index in [-0.39, 0.29) is 0 Å². The third-order valence-corrected chi connectivity index (χ3v) is 3.22. The van der Waals surface area contributed by atoms with Gasteiger partial charge in [0, 0.05) is 29.7 Å². The minimum absolute atomic E-state index is 0.311. The molecule has 1 atom stereocenters. The van der Waals surface area contributed by atoms with Crippen molar-refractivity contribution in [2.45, 2.75) is 12.5 Å². The highest BCUT2D eigenvalue weighted by Crippen LogP contribution is 2.24. The molecule has 1 saturated heterocycles. The predicted octanol–water partition coefficient (Wildman–Crippen LogP) is 1.40. The van der Waals surface area contributed by atoms with Crippen molar-refractivity contribution in [2.75, 3.05) is 19.8 Å². The highest BCUT2D eigenvalue weighted by molar-refractivity contribution is 5.84. The molecular formula is C13H16N2O2. The molecule has 4 nitrogen and oxygen atoms in total. The van der Waals surface area contributed by atoms with Crippen LogP contribution in [0.25, 0.3) is 10.9 Å². The molecule has 0 spiro atoms. The molecule has 1 aliphatic heterocycles. The Kier molecular flexibility index (Phi) is 2.74. The van der Waals surface area contributed by atoms with Crippen LogP contribution in [0.2, 0.25) is 0 Å². The molecule has 0 saturated carbocycles. The van der Waals surface area contributed by atoms with Gasteiger partial charge in [0.2, 0.25) is 0 Å². The fourth-order valence-electron chi connectivity index (χ4n) is 2.35. The second-order valence-corrected chi connectivity index (χ2v) is 4.47. The lowest BCUT2D eigenvalue weighted by Crippen LogP contribution is -2.42. The fourth-order valence-corrected chi connectivity index (χ4v) is 2.35. The molecule has 1 aliphatic rings. The Morgan fingerprint density at radius 2 is 2.35 bits per heavy atom. The van der Waals surface area contributed by atoms with Crippen LogP contribution >= 0.6 is 0 Å². The molecule has 3 rings (SSSR count). The molecule has 90 valence electrons. The minimum atomic E-state index is 0.311. The first kappa shape index (κ1) is 10.6. The van der Waals surface area contributed by atoms with Crippen molar-refractivity contribution in [1.29, 1.82) is 0 Å². The summed E-state index contributed by atoms with van der Waals surface area (Å²) in [4.78, 5) is 3.23. The van der Waals surface area contributed by atoms with Crippen LogP contribution in [0.4, 0.5) is 0 Å². The molecule has 1 aromatic heterocycles. The lowest BCUT2D eigenvalue weighted by Gasteiger charge is -2.23. The zero-order valence-corrected chi connectivity index (χ0v) is 9.57. The van der Waals surface area contributed by atoms with Gasteiger partial charge in [0.05, 0.1) is 13.2 Å². The number of rotatable bonds is 2. The number of phenols is 1. The molecule has 2 heterocycles. The van der Waals surface area contributed by atoms with Crippen LogP contribution in [0.1, 0.15) is 5.56 Å². The maximum absolute atomic E-state index is 9.52. The number of fused-ring (bicyclic) bond motifs is 1. The number of phenolic OH excluding ortho intramolecular Hbond substituents is 1. The normalized spacial score (nSPS) is 20.8. The Morgan fingerprint density at radius 3 is 3.18 bits per heavy atom. The number of H-pyrrole nitrogens is 1. The smallest absolute Gasteiger partial charge is 0.116 e.